The number of benzene rings is 2. The summed E-state index contributed by atoms with van der Waals surface area (Å²) < 4.78 is 18.1. The van der Waals surface area contributed by atoms with E-state index in [0.717, 1.165) is 10.8 Å². The second-order valence-corrected chi connectivity index (χ2v) is 7.39. The molecule has 4 atom stereocenters. The highest BCUT2D eigenvalue weighted by Crippen LogP contribution is 2.50. The van der Waals surface area contributed by atoms with Crippen LogP contribution in [0.2, 0.25) is 0 Å². The summed E-state index contributed by atoms with van der Waals surface area (Å²) in [5.74, 6) is -0.542. The first-order chi connectivity index (χ1) is 12.6. The van der Waals surface area contributed by atoms with Gasteiger partial charge >= 0.3 is 5.97 Å². The first kappa shape index (κ1) is 15.9. The summed E-state index contributed by atoms with van der Waals surface area (Å²) in [5.41, 5.74) is 0. The van der Waals surface area contributed by atoms with Crippen LogP contribution in [0.25, 0.3) is 10.8 Å². The predicted molar refractivity (Wildman–Crippen MR) is 91.8 cm³/mol. The van der Waals surface area contributed by atoms with Crippen molar-refractivity contribution in [1.82, 2.24) is 0 Å². The molecule has 1 spiro atoms. The third-order valence-electron chi connectivity index (χ3n) is 5.73. The second-order valence-electron chi connectivity index (χ2n) is 7.39. The molecule has 1 aliphatic carbocycles. The molecular formula is C20H20O6. The van der Waals surface area contributed by atoms with E-state index < -0.39 is 36.0 Å². The Morgan fingerprint density at radius 3 is 2.35 bits per heavy atom. The van der Waals surface area contributed by atoms with E-state index in [9.17, 15) is 15.0 Å². The fraction of sp³-hybridized carbons (Fsp3) is 0.450. The van der Waals surface area contributed by atoms with Crippen LogP contribution in [0.5, 0.6) is 11.5 Å². The number of carbonyl (C=O) groups excluding carboxylic acids is 1. The Balaban J connectivity index is 1.59. The smallest absolute Gasteiger partial charge is 0.308 e. The molecule has 2 N–H and O–H groups in total. The molecule has 2 fully saturated rings. The maximum absolute atomic E-state index is 11.7. The summed E-state index contributed by atoms with van der Waals surface area (Å²) >= 11 is 0. The van der Waals surface area contributed by atoms with E-state index >= 15 is 0 Å². The Morgan fingerprint density at radius 2 is 1.73 bits per heavy atom. The summed E-state index contributed by atoms with van der Waals surface area (Å²) in [7, 11) is 0. The Bertz CT molecular complexity index is 837. The lowest BCUT2D eigenvalue weighted by Crippen LogP contribution is -2.59. The molecule has 2 aromatic carbocycles. The lowest BCUT2D eigenvalue weighted by molar-refractivity contribution is -0.224. The van der Waals surface area contributed by atoms with Crippen molar-refractivity contribution < 1.29 is 29.2 Å². The third-order valence-corrected chi connectivity index (χ3v) is 5.73. The lowest BCUT2D eigenvalue weighted by atomic mass is 9.76. The van der Waals surface area contributed by atoms with Crippen molar-refractivity contribution >= 4 is 16.7 Å². The zero-order chi connectivity index (χ0) is 17.9. The third kappa shape index (κ3) is 2.29. The summed E-state index contributed by atoms with van der Waals surface area (Å²) in [5, 5.41) is 22.5. The number of hydrogen-bond acceptors (Lipinski definition) is 6. The topological polar surface area (TPSA) is 85.2 Å². The molecule has 2 aromatic rings. The van der Waals surface area contributed by atoms with Gasteiger partial charge in [-0.1, -0.05) is 24.3 Å². The summed E-state index contributed by atoms with van der Waals surface area (Å²) in [4.78, 5) is 11.7. The SMILES string of the molecule is O=C1CC(O)C(C2CC(O)CCC23Oc2cccc4cccc(c24)O3)O1. The molecule has 136 valence electrons. The normalized spacial score (nSPS) is 32.2. The fourth-order valence-corrected chi connectivity index (χ4v) is 4.53. The van der Waals surface area contributed by atoms with E-state index in [1.165, 1.54) is 0 Å². The molecule has 3 aliphatic rings. The number of esters is 1. The largest absolute Gasteiger partial charge is 0.459 e. The number of aliphatic hydroxyl groups excluding tert-OH is 2. The van der Waals surface area contributed by atoms with Crippen molar-refractivity contribution in [3.63, 3.8) is 0 Å². The molecule has 26 heavy (non-hydrogen) atoms. The molecule has 0 bridgehead atoms. The minimum absolute atomic E-state index is 0.0422. The standard InChI is InChI=1S/C20H20O6/c21-12-7-8-20(13(9-12)19-14(22)10-17(23)24-19)25-15-5-1-3-11-4-2-6-16(26-20)18(11)15/h1-6,12-14,19,21-22H,7-10H2. The average molecular weight is 356 g/mol. The molecule has 6 heteroatoms. The minimum Gasteiger partial charge on any atom is -0.459 e. The van der Waals surface area contributed by atoms with E-state index in [2.05, 4.69) is 0 Å². The molecule has 5 rings (SSSR count). The highest BCUT2D eigenvalue weighted by molar-refractivity contribution is 5.94. The molecule has 0 radical (unpaired) electrons. The van der Waals surface area contributed by atoms with Gasteiger partial charge in [-0.25, -0.2) is 0 Å². The average Bonchev–Trinajstić information content (AvgIpc) is 2.96. The number of rotatable bonds is 1. The number of hydrogen-bond donors (Lipinski definition) is 2. The first-order valence-electron chi connectivity index (χ1n) is 9.01. The number of aliphatic hydroxyl groups is 2. The maximum atomic E-state index is 11.7. The monoisotopic (exact) mass is 356 g/mol. The Kier molecular flexibility index (Phi) is 3.42. The van der Waals surface area contributed by atoms with Gasteiger partial charge in [-0.3, -0.25) is 4.79 Å². The number of ether oxygens (including phenoxy) is 3. The van der Waals surface area contributed by atoms with Crippen LogP contribution in [0, 0.1) is 5.92 Å². The van der Waals surface area contributed by atoms with E-state index in [1.807, 2.05) is 36.4 Å². The molecule has 0 amide bonds. The minimum atomic E-state index is -1.07. The fourth-order valence-electron chi connectivity index (χ4n) is 4.53. The van der Waals surface area contributed by atoms with Gasteiger partial charge in [0, 0.05) is 6.42 Å². The van der Waals surface area contributed by atoms with Crippen molar-refractivity contribution in [1.29, 1.82) is 0 Å². The van der Waals surface area contributed by atoms with Crippen LogP contribution in [-0.4, -0.2) is 40.3 Å². The number of carbonyl (C=O) groups is 1. The van der Waals surface area contributed by atoms with Gasteiger partial charge in [-0.15, -0.1) is 0 Å². The Hall–Kier alpha value is -2.31. The van der Waals surface area contributed by atoms with Gasteiger partial charge < -0.3 is 24.4 Å². The van der Waals surface area contributed by atoms with Crippen LogP contribution < -0.4 is 9.47 Å². The molecule has 1 saturated heterocycles. The van der Waals surface area contributed by atoms with E-state index in [1.54, 1.807) is 0 Å². The number of cyclic esters (lactones) is 1. The van der Waals surface area contributed by atoms with Crippen molar-refractivity contribution in [3.8, 4) is 11.5 Å². The summed E-state index contributed by atoms with van der Waals surface area (Å²) in [6.45, 7) is 0. The molecule has 0 aromatic heterocycles. The van der Waals surface area contributed by atoms with E-state index in [0.29, 0.717) is 30.8 Å². The summed E-state index contributed by atoms with van der Waals surface area (Å²) in [6, 6.07) is 11.6. The molecule has 2 aliphatic heterocycles. The van der Waals surface area contributed by atoms with Crippen LogP contribution in [0.3, 0.4) is 0 Å². The van der Waals surface area contributed by atoms with Crippen molar-refractivity contribution in [3.05, 3.63) is 36.4 Å². The van der Waals surface area contributed by atoms with Crippen LogP contribution >= 0.6 is 0 Å². The predicted octanol–water partition coefficient (Wildman–Crippen LogP) is 2.14. The quantitative estimate of drug-likeness (QED) is 0.762. The van der Waals surface area contributed by atoms with Gasteiger partial charge in [-0.05, 0) is 30.4 Å². The van der Waals surface area contributed by atoms with Crippen LogP contribution in [0.1, 0.15) is 25.7 Å². The first-order valence-corrected chi connectivity index (χ1v) is 9.01. The van der Waals surface area contributed by atoms with Crippen molar-refractivity contribution in [2.24, 2.45) is 5.92 Å². The summed E-state index contributed by atoms with van der Waals surface area (Å²) in [6.07, 6.45) is -0.948. The van der Waals surface area contributed by atoms with Crippen LogP contribution in [-0.2, 0) is 9.53 Å². The van der Waals surface area contributed by atoms with Crippen molar-refractivity contribution in [2.75, 3.05) is 0 Å². The lowest BCUT2D eigenvalue weighted by Gasteiger charge is -2.48. The van der Waals surface area contributed by atoms with E-state index in [-0.39, 0.29) is 6.42 Å². The van der Waals surface area contributed by atoms with Gasteiger partial charge in [0.2, 0.25) is 0 Å². The zero-order valence-corrected chi connectivity index (χ0v) is 14.1. The Morgan fingerprint density at radius 1 is 1.04 bits per heavy atom. The highest BCUT2D eigenvalue weighted by atomic mass is 16.7. The molecule has 6 nitrogen and oxygen atoms in total. The van der Waals surface area contributed by atoms with E-state index in [4.69, 9.17) is 14.2 Å². The zero-order valence-electron chi connectivity index (χ0n) is 14.1. The second kappa shape index (κ2) is 5.59. The molecular weight excluding hydrogens is 336 g/mol. The van der Waals surface area contributed by atoms with Crippen molar-refractivity contribution in [2.45, 2.75) is 49.8 Å². The van der Waals surface area contributed by atoms with Gasteiger partial charge in [-0.2, -0.15) is 0 Å². The van der Waals surface area contributed by atoms with Crippen LogP contribution in [0.4, 0.5) is 0 Å². The highest BCUT2D eigenvalue weighted by Gasteiger charge is 2.57. The molecule has 1 saturated carbocycles. The molecule has 2 heterocycles. The maximum Gasteiger partial charge on any atom is 0.308 e. The van der Waals surface area contributed by atoms with Crippen LogP contribution in [0.15, 0.2) is 36.4 Å². The van der Waals surface area contributed by atoms with Gasteiger partial charge in [0.15, 0.2) is 0 Å². The molecule has 4 unspecified atom stereocenters. The van der Waals surface area contributed by atoms with Gasteiger partial charge in [0.25, 0.3) is 5.79 Å². The Labute approximate surface area is 150 Å². The van der Waals surface area contributed by atoms with Gasteiger partial charge in [0.1, 0.15) is 23.7 Å². The van der Waals surface area contributed by atoms with Gasteiger partial charge in [0.05, 0.1) is 23.8 Å².